The Kier molecular flexibility index (Phi) is 4.71. The van der Waals surface area contributed by atoms with Crippen molar-refractivity contribution < 1.29 is 13.2 Å². The number of morpholine rings is 1. The average Bonchev–Trinajstić information content (AvgIpc) is 2.37. The van der Waals surface area contributed by atoms with Crippen molar-refractivity contribution in [3.63, 3.8) is 0 Å². The first-order chi connectivity index (χ1) is 9.34. The second-order valence-electron chi connectivity index (χ2n) is 5.05. The van der Waals surface area contributed by atoms with E-state index in [1.165, 1.54) is 10.4 Å². The predicted octanol–water partition coefficient (Wildman–Crippen LogP) is 1.60. The molecule has 20 heavy (non-hydrogen) atoms. The lowest BCUT2D eigenvalue weighted by atomic mass is 10.2. The number of ether oxygens (including phenoxy) is 1. The lowest BCUT2D eigenvalue weighted by Crippen LogP contribution is -2.48. The first kappa shape index (κ1) is 15.7. The number of halogens is 1. The number of hydrogen-bond acceptors (Lipinski definition) is 4. The number of nitrogens with two attached hydrogens (primary N) is 1. The molecule has 0 radical (unpaired) electrons. The van der Waals surface area contributed by atoms with Gasteiger partial charge in [-0.1, -0.05) is 17.7 Å². The Balaban J connectivity index is 2.35. The molecule has 0 aliphatic carbocycles. The quantitative estimate of drug-likeness (QED) is 0.918. The standard InChI is InChI=1S/C13H19ClN2O3S/c1-9-7-16(8-10(2)19-9)20(17,18)13-4-3-11(6-15)5-12(13)14/h3-5,9-10H,6-8,15H2,1-2H3. The molecular formula is C13H19ClN2O3S. The average molecular weight is 319 g/mol. The highest BCUT2D eigenvalue weighted by Crippen LogP contribution is 2.27. The van der Waals surface area contributed by atoms with Crippen LogP contribution in [0, 0.1) is 0 Å². The normalized spacial score (nSPS) is 24.8. The van der Waals surface area contributed by atoms with E-state index in [-0.39, 0.29) is 22.1 Å². The summed E-state index contributed by atoms with van der Waals surface area (Å²) in [6, 6.07) is 4.80. The van der Waals surface area contributed by atoms with Gasteiger partial charge in [-0.2, -0.15) is 4.31 Å². The van der Waals surface area contributed by atoms with E-state index in [0.717, 1.165) is 5.56 Å². The van der Waals surface area contributed by atoms with Crippen LogP contribution >= 0.6 is 11.6 Å². The summed E-state index contributed by atoms with van der Waals surface area (Å²) >= 11 is 6.09. The summed E-state index contributed by atoms with van der Waals surface area (Å²) in [4.78, 5) is 0.123. The number of sulfonamides is 1. The van der Waals surface area contributed by atoms with E-state index in [0.29, 0.717) is 19.6 Å². The molecule has 2 unspecified atom stereocenters. The van der Waals surface area contributed by atoms with Crippen LogP contribution < -0.4 is 5.73 Å². The number of benzene rings is 1. The molecule has 0 bridgehead atoms. The van der Waals surface area contributed by atoms with Gasteiger partial charge in [0.15, 0.2) is 0 Å². The van der Waals surface area contributed by atoms with Crippen LogP contribution in [0.25, 0.3) is 0 Å². The van der Waals surface area contributed by atoms with E-state index < -0.39 is 10.0 Å². The van der Waals surface area contributed by atoms with Gasteiger partial charge in [0.25, 0.3) is 0 Å². The van der Waals surface area contributed by atoms with Gasteiger partial charge in [0, 0.05) is 19.6 Å². The highest BCUT2D eigenvalue weighted by molar-refractivity contribution is 7.89. The first-order valence-corrected chi connectivity index (χ1v) is 8.30. The maximum atomic E-state index is 12.7. The zero-order chi connectivity index (χ0) is 14.9. The zero-order valence-electron chi connectivity index (χ0n) is 11.5. The Bertz CT molecular complexity index is 581. The fraction of sp³-hybridized carbons (Fsp3) is 0.538. The van der Waals surface area contributed by atoms with Gasteiger partial charge >= 0.3 is 0 Å². The van der Waals surface area contributed by atoms with E-state index in [2.05, 4.69) is 0 Å². The topological polar surface area (TPSA) is 72.6 Å². The molecule has 2 rings (SSSR count). The Morgan fingerprint density at radius 3 is 2.45 bits per heavy atom. The fourth-order valence-corrected chi connectivity index (χ4v) is 4.48. The molecule has 2 atom stereocenters. The minimum Gasteiger partial charge on any atom is -0.373 e. The maximum Gasteiger partial charge on any atom is 0.244 e. The van der Waals surface area contributed by atoms with Crippen molar-refractivity contribution in [1.82, 2.24) is 4.31 Å². The van der Waals surface area contributed by atoms with Crippen molar-refractivity contribution >= 4 is 21.6 Å². The third-order valence-electron chi connectivity index (χ3n) is 3.24. The molecule has 2 N–H and O–H groups in total. The number of nitrogens with zero attached hydrogens (tertiary/aromatic N) is 1. The molecule has 0 aromatic heterocycles. The van der Waals surface area contributed by atoms with Crippen LogP contribution in [0.2, 0.25) is 5.02 Å². The molecule has 1 heterocycles. The van der Waals surface area contributed by atoms with Gasteiger partial charge in [-0.3, -0.25) is 0 Å². The van der Waals surface area contributed by atoms with Crippen molar-refractivity contribution in [2.24, 2.45) is 5.73 Å². The summed E-state index contributed by atoms with van der Waals surface area (Å²) in [5.41, 5.74) is 6.33. The van der Waals surface area contributed by atoms with Crippen LogP contribution in [-0.4, -0.2) is 38.0 Å². The van der Waals surface area contributed by atoms with Crippen LogP contribution in [0.15, 0.2) is 23.1 Å². The third-order valence-corrected chi connectivity index (χ3v) is 5.55. The van der Waals surface area contributed by atoms with Gasteiger partial charge in [0.2, 0.25) is 10.0 Å². The first-order valence-electron chi connectivity index (χ1n) is 6.48. The Morgan fingerprint density at radius 2 is 1.95 bits per heavy atom. The van der Waals surface area contributed by atoms with E-state index in [1.54, 1.807) is 12.1 Å². The van der Waals surface area contributed by atoms with Crippen LogP contribution in [0.1, 0.15) is 19.4 Å². The van der Waals surface area contributed by atoms with E-state index in [1.807, 2.05) is 13.8 Å². The Morgan fingerprint density at radius 1 is 1.35 bits per heavy atom. The molecule has 1 saturated heterocycles. The molecule has 0 saturated carbocycles. The van der Waals surface area contributed by atoms with Gasteiger partial charge in [0.05, 0.1) is 17.2 Å². The molecule has 1 aliphatic rings. The number of hydrogen-bond donors (Lipinski definition) is 1. The largest absolute Gasteiger partial charge is 0.373 e. The lowest BCUT2D eigenvalue weighted by molar-refractivity contribution is -0.0440. The molecule has 0 amide bonds. The van der Waals surface area contributed by atoms with Gasteiger partial charge < -0.3 is 10.5 Å². The van der Waals surface area contributed by atoms with E-state index in [4.69, 9.17) is 22.1 Å². The maximum absolute atomic E-state index is 12.7. The monoisotopic (exact) mass is 318 g/mol. The summed E-state index contributed by atoms with van der Waals surface area (Å²) in [5.74, 6) is 0. The van der Waals surface area contributed by atoms with Crippen molar-refractivity contribution in [3.8, 4) is 0 Å². The summed E-state index contributed by atoms with van der Waals surface area (Å²) in [6.45, 7) is 4.71. The lowest BCUT2D eigenvalue weighted by Gasteiger charge is -2.34. The Labute approximate surface area is 124 Å². The highest BCUT2D eigenvalue weighted by Gasteiger charge is 2.33. The third kappa shape index (κ3) is 3.15. The molecule has 1 aromatic rings. The van der Waals surface area contributed by atoms with Crippen molar-refractivity contribution in [3.05, 3.63) is 28.8 Å². The Hall–Kier alpha value is -0.660. The van der Waals surface area contributed by atoms with Gasteiger partial charge in [0.1, 0.15) is 4.90 Å². The van der Waals surface area contributed by atoms with E-state index >= 15 is 0 Å². The van der Waals surface area contributed by atoms with Crippen molar-refractivity contribution in [1.29, 1.82) is 0 Å². The zero-order valence-corrected chi connectivity index (χ0v) is 13.1. The molecule has 1 aromatic carbocycles. The smallest absolute Gasteiger partial charge is 0.244 e. The second kappa shape index (κ2) is 5.99. The molecule has 0 spiro atoms. The summed E-state index contributed by atoms with van der Waals surface area (Å²) in [7, 11) is -3.60. The van der Waals surface area contributed by atoms with Crippen molar-refractivity contribution in [2.45, 2.75) is 37.5 Å². The molecular weight excluding hydrogens is 300 g/mol. The molecule has 5 nitrogen and oxygen atoms in total. The van der Waals surface area contributed by atoms with Crippen LogP contribution in [0.5, 0.6) is 0 Å². The van der Waals surface area contributed by atoms with Crippen LogP contribution in [0.3, 0.4) is 0 Å². The molecule has 1 fully saturated rings. The van der Waals surface area contributed by atoms with E-state index in [9.17, 15) is 8.42 Å². The molecule has 112 valence electrons. The van der Waals surface area contributed by atoms with Crippen LogP contribution in [0.4, 0.5) is 0 Å². The summed E-state index contributed by atoms with van der Waals surface area (Å²) < 4.78 is 32.3. The summed E-state index contributed by atoms with van der Waals surface area (Å²) in [5, 5.41) is 0.208. The fourth-order valence-electron chi connectivity index (χ4n) is 2.35. The van der Waals surface area contributed by atoms with Gasteiger partial charge in [-0.15, -0.1) is 0 Å². The molecule has 1 aliphatic heterocycles. The molecule has 7 heteroatoms. The predicted molar refractivity (Wildman–Crippen MR) is 78.1 cm³/mol. The minimum atomic E-state index is -3.60. The van der Waals surface area contributed by atoms with Gasteiger partial charge in [-0.25, -0.2) is 8.42 Å². The highest BCUT2D eigenvalue weighted by atomic mass is 35.5. The van der Waals surface area contributed by atoms with Gasteiger partial charge in [-0.05, 0) is 31.5 Å². The minimum absolute atomic E-state index is 0.123. The number of rotatable bonds is 3. The second-order valence-corrected chi connectivity index (χ2v) is 7.36. The van der Waals surface area contributed by atoms with Crippen molar-refractivity contribution in [2.75, 3.05) is 13.1 Å². The summed E-state index contributed by atoms with van der Waals surface area (Å²) in [6.07, 6.45) is -0.258. The SMILES string of the molecule is CC1CN(S(=O)(=O)c2ccc(CN)cc2Cl)CC(C)O1. The van der Waals surface area contributed by atoms with Crippen LogP contribution in [-0.2, 0) is 21.3 Å².